The van der Waals surface area contributed by atoms with E-state index in [1.807, 2.05) is 6.92 Å². The average Bonchev–Trinajstić information content (AvgIpc) is 2.04. The minimum Gasteiger partial charge on any atom is -0.299 e. The number of hydrogen-bond acceptors (Lipinski definition) is 1. The first-order valence-electron chi connectivity index (χ1n) is 4.45. The predicted molar refractivity (Wildman–Crippen MR) is 46.4 cm³/mol. The molecule has 0 bridgehead atoms. The average molecular weight is 152 g/mol. The minimum atomic E-state index is 0.258. The lowest BCUT2D eigenvalue weighted by atomic mass is 9.85. The molecule has 0 aromatic carbocycles. The second-order valence-corrected chi connectivity index (χ2v) is 3.25. The molecule has 1 nitrogen and oxygen atoms in total. The fraction of sp³-hybridized carbons (Fsp3) is 0.700. The standard InChI is InChI=1S/C10H16O/c1-3-10(11)9-7-5-4-6-8(9)2/h6,9H,3-5,7H2,1-2H3. The van der Waals surface area contributed by atoms with Crippen LogP contribution in [0.5, 0.6) is 0 Å². The van der Waals surface area contributed by atoms with Gasteiger partial charge < -0.3 is 0 Å². The third kappa shape index (κ3) is 1.92. The van der Waals surface area contributed by atoms with Gasteiger partial charge in [-0.1, -0.05) is 18.6 Å². The molecule has 62 valence electrons. The van der Waals surface area contributed by atoms with E-state index in [0.29, 0.717) is 12.2 Å². The van der Waals surface area contributed by atoms with Crippen molar-refractivity contribution in [3.63, 3.8) is 0 Å². The molecule has 0 amide bonds. The van der Waals surface area contributed by atoms with Crippen LogP contribution in [0.1, 0.15) is 39.5 Å². The largest absolute Gasteiger partial charge is 0.299 e. The smallest absolute Gasteiger partial charge is 0.139 e. The molecule has 0 aliphatic heterocycles. The lowest BCUT2D eigenvalue weighted by molar-refractivity contribution is -0.121. The second kappa shape index (κ2) is 3.70. The van der Waals surface area contributed by atoms with Gasteiger partial charge in [-0.05, 0) is 26.2 Å². The summed E-state index contributed by atoms with van der Waals surface area (Å²) in [7, 11) is 0. The van der Waals surface area contributed by atoms with Crippen LogP contribution in [0.4, 0.5) is 0 Å². The molecule has 0 spiro atoms. The quantitative estimate of drug-likeness (QED) is 0.556. The number of carbonyl (C=O) groups is 1. The number of carbonyl (C=O) groups excluding carboxylic acids is 1. The van der Waals surface area contributed by atoms with Crippen molar-refractivity contribution < 1.29 is 4.79 Å². The van der Waals surface area contributed by atoms with Crippen LogP contribution in [-0.4, -0.2) is 5.78 Å². The van der Waals surface area contributed by atoms with E-state index in [1.165, 1.54) is 18.4 Å². The summed E-state index contributed by atoms with van der Waals surface area (Å²) in [5.41, 5.74) is 1.29. The molecule has 1 aliphatic carbocycles. The van der Waals surface area contributed by atoms with E-state index < -0.39 is 0 Å². The zero-order valence-electron chi connectivity index (χ0n) is 7.39. The number of ketones is 1. The molecule has 0 heterocycles. The van der Waals surface area contributed by atoms with E-state index in [0.717, 1.165) is 6.42 Å². The summed E-state index contributed by atoms with van der Waals surface area (Å²) in [4.78, 5) is 11.3. The Hall–Kier alpha value is -0.590. The van der Waals surface area contributed by atoms with Crippen molar-refractivity contribution in [3.8, 4) is 0 Å². The molecule has 1 rings (SSSR count). The van der Waals surface area contributed by atoms with Gasteiger partial charge in [-0.2, -0.15) is 0 Å². The van der Waals surface area contributed by atoms with E-state index >= 15 is 0 Å². The van der Waals surface area contributed by atoms with Crippen molar-refractivity contribution in [1.82, 2.24) is 0 Å². The second-order valence-electron chi connectivity index (χ2n) is 3.25. The van der Waals surface area contributed by atoms with Crippen LogP contribution < -0.4 is 0 Å². The highest BCUT2D eigenvalue weighted by atomic mass is 16.1. The third-order valence-electron chi connectivity index (χ3n) is 2.45. The predicted octanol–water partition coefficient (Wildman–Crippen LogP) is 2.71. The maximum atomic E-state index is 11.3. The van der Waals surface area contributed by atoms with Gasteiger partial charge in [0.2, 0.25) is 0 Å². The number of rotatable bonds is 2. The van der Waals surface area contributed by atoms with Gasteiger partial charge in [0, 0.05) is 12.3 Å². The first-order chi connectivity index (χ1) is 5.25. The van der Waals surface area contributed by atoms with E-state index in [9.17, 15) is 4.79 Å². The normalized spacial score (nSPS) is 24.5. The molecule has 1 aliphatic rings. The summed E-state index contributed by atoms with van der Waals surface area (Å²) < 4.78 is 0. The van der Waals surface area contributed by atoms with Crippen LogP contribution in [0.25, 0.3) is 0 Å². The molecule has 0 aromatic rings. The maximum Gasteiger partial charge on any atom is 0.139 e. The van der Waals surface area contributed by atoms with Crippen molar-refractivity contribution >= 4 is 5.78 Å². The monoisotopic (exact) mass is 152 g/mol. The molecular weight excluding hydrogens is 136 g/mol. The van der Waals surface area contributed by atoms with E-state index in [2.05, 4.69) is 13.0 Å². The Morgan fingerprint density at radius 3 is 3.00 bits per heavy atom. The summed E-state index contributed by atoms with van der Waals surface area (Å²) in [5.74, 6) is 0.673. The number of hydrogen-bond donors (Lipinski definition) is 0. The Morgan fingerprint density at radius 2 is 2.45 bits per heavy atom. The lowest BCUT2D eigenvalue weighted by Gasteiger charge is -2.19. The van der Waals surface area contributed by atoms with E-state index in [1.54, 1.807) is 0 Å². The summed E-state index contributed by atoms with van der Waals surface area (Å²) >= 11 is 0. The van der Waals surface area contributed by atoms with E-state index in [-0.39, 0.29) is 5.92 Å². The first kappa shape index (κ1) is 8.51. The van der Waals surface area contributed by atoms with Crippen molar-refractivity contribution in [2.45, 2.75) is 39.5 Å². The van der Waals surface area contributed by atoms with Crippen LogP contribution in [0.2, 0.25) is 0 Å². The molecule has 0 aromatic heterocycles. The van der Waals surface area contributed by atoms with Crippen molar-refractivity contribution in [2.24, 2.45) is 5.92 Å². The highest BCUT2D eigenvalue weighted by Gasteiger charge is 2.19. The van der Waals surface area contributed by atoms with Crippen LogP contribution >= 0.6 is 0 Å². The summed E-state index contributed by atoms with van der Waals surface area (Å²) in [6.45, 7) is 4.03. The molecule has 1 heteroatoms. The van der Waals surface area contributed by atoms with Gasteiger partial charge in [0.25, 0.3) is 0 Å². The minimum absolute atomic E-state index is 0.258. The van der Waals surface area contributed by atoms with Crippen LogP contribution in [-0.2, 0) is 4.79 Å². The van der Waals surface area contributed by atoms with Crippen LogP contribution in [0, 0.1) is 5.92 Å². The van der Waals surface area contributed by atoms with E-state index in [4.69, 9.17) is 0 Å². The highest BCUT2D eigenvalue weighted by molar-refractivity contribution is 5.83. The Kier molecular flexibility index (Phi) is 2.86. The summed E-state index contributed by atoms with van der Waals surface area (Å²) in [6, 6.07) is 0. The Labute approximate surface area is 68.5 Å². The number of allylic oxidation sites excluding steroid dienone is 2. The van der Waals surface area contributed by atoms with Crippen LogP contribution in [0.3, 0.4) is 0 Å². The molecule has 1 unspecified atom stereocenters. The van der Waals surface area contributed by atoms with Gasteiger partial charge in [0.1, 0.15) is 5.78 Å². The van der Waals surface area contributed by atoms with Gasteiger partial charge in [-0.3, -0.25) is 4.79 Å². The van der Waals surface area contributed by atoms with Crippen molar-refractivity contribution in [2.75, 3.05) is 0 Å². The van der Waals surface area contributed by atoms with Gasteiger partial charge >= 0.3 is 0 Å². The zero-order valence-corrected chi connectivity index (χ0v) is 7.39. The maximum absolute atomic E-state index is 11.3. The SMILES string of the molecule is CCC(=O)C1CCCC=C1C. The molecule has 0 saturated carbocycles. The highest BCUT2D eigenvalue weighted by Crippen LogP contribution is 2.25. The van der Waals surface area contributed by atoms with Gasteiger partial charge in [-0.15, -0.1) is 0 Å². The zero-order chi connectivity index (χ0) is 8.27. The fourth-order valence-electron chi connectivity index (χ4n) is 1.68. The van der Waals surface area contributed by atoms with Crippen LogP contribution in [0.15, 0.2) is 11.6 Å². The van der Waals surface area contributed by atoms with Crippen molar-refractivity contribution in [3.05, 3.63) is 11.6 Å². The molecule has 0 saturated heterocycles. The fourth-order valence-corrected chi connectivity index (χ4v) is 1.68. The van der Waals surface area contributed by atoms with Crippen molar-refractivity contribution in [1.29, 1.82) is 0 Å². The first-order valence-corrected chi connectivity index (χ1v) is 4.45. The Bertz CT molecular complexity index is 179. The summed E-state index contributed by atoms with van der Waals surface area (Å²) in [5, 5.41) is 0. The molecule has 0 radical (unpaired) electrons. The third-order valence-corrected chi connectivity index (χ3v) is 2.45. The summed E-state index contributed by atoms with van der Waals surface area (Å²) in [6.07, 6.45) is 6.33. The number of Topliss-reactive ketones (excluding diaryl/α,β-unsaturated/α-hetero) is 1. The molecule has 0 N–H and O–H groups in total. The van der Waals surface area contributed by atoms with Gasteiger partial charge in [0.15, 0.2) is 0 Å². The van der Waals surface area contributed by atoms with Gasteiger partial charge in [0.05, 0.1) is 0 Å². The molecule has 1 atom stereocenters. The lowest BCUT2D eigenvalue weighted by Crippen LogP contribution is -2.16. The Balaban J connectivity index is 2.63. The molecule has 0 fully saturated rings. The topological polar surface area (TPSA) is 17.1 Å². The van der Waals surface area contributed by atoms with Gasteiger partial charge in [-0.25, -0.2) is 0 Å². The molecule has 11 heavy (non-hydrogen) atoms. The Morgan fingerprint density at radius 1 is 1.73 bits per heavy atom. The molecular formula is C10H16O.